The minimum absolute atomic E-state index is 0.248. The highest BCUT2D eigenvalue weighted by Crippen LogP contribution is 2.54. The van der Waals surface area contributed by atoms with Gasteiger partial charge in [-0.3, -0.25) is 0 Å². The molecule has 0 saturated heterocycles. The molecule has 8 nitrogen and oxygen atoms in total. The first-order chi connectivity index (χ1) is 26.5. The van der Waals surface area contributed by atoms with E-state index in [9.17, 15) is 4.79 Å². The highest BCUT2D eigenvalue weighted by molar-refractivity contribution is 7.43. The van der Waals surface area contributed by atoms with Crippen LogP contribution >= 0.6 is 8.60 Å². The van der Waals surface area contributed by atoms with Crippen LogP contribution < -0.4 is 27.8 Å². The van der Waals surface area contributed by atoms with E-state index in [4.69, 9.17) is 32.5 Å². The van der Waals surface area contributed by atoms with Crippen LogP contribution in [0.25, 0.3) is 11.1 Å². The number of ether oxygens (including phenoxy) is 4. The molecule has 4 aromatic rings. The fourth-order valence-corrected chi connectivity index (χ4v) is 7.52. The number of rotatable bonds is 10. The van der Waals surface area contributed by atoms with Crippen molar-refractivity contribution in [2.75, 3.05) is 14.2 Å². The van der Waals surface area contributed by atoms with Crippen molar-refractivity contribution < 1.29 is 37.3 Å². The van der Waals surface area contributed by atoms with Crippen LogP contribution in [-0.2, 0) is 26.4 Å². The highest BCUT2D eigenvalue weighted by atomic mass is 31.2. The molecule has 316 valence electrons. The minimum Gasteiger partial charge on any atom is -0.497 e. The van der Waals surface area contributed by atoms with Crippen molar-refractivity contribution in [1.82, 2.24) is 0 Å². The molecule has 0 bridgehead atoms. The lowest BCUT2D eigenvalue weighted by molar-refractivity contribution is 0.0203. The molecule has 58 heavy (non-hydrogen) atoms. The third kappa shape index (κ3) is 11.6. The number of hydrogen-bond acceptors (Lipinski definition) is 8. The summed E-state index contributed by atoms with van der Waals surface area (Å²) < 4.78 is 45.0. The second kappa shape index (κ2) is 17.0. The van der Waals surface area contributed by atoms with Crippen molar-refractivity contribution in [1.29, 1.82) is 0 Å². The molecule has 0 spiro atoms. The molecule has 0 N–H and O–H groups in total. The van der Waals surface area contributed by atoms with Gasteiger partial charge in [-0.1, -0.05) is 118 Å². The van der Waals surface area contributed by atoms with Crippen molar-refractivity contribution in [3.63, 3.8) is 0 Å². The van der Waals surface area contributed by atoms with Gasteiger partial charge in [0.15, 0.2) is 0 Å². The summed E-state index contributed by atoms with van der Waals surface area (Å²) in [5.74, 6) is 3.27. The van der Waals surface area contributed by atoms with Gasteiger partial charge in [-0.05, 0) is 92.7 Å². The van der Waals surface area contributed by atoms with E-state index < -0.39 is 31.2 Å². The zero-order valence-corrected chi connectivity index (χ0v) is 39.4. The van der Waals surface area contributed by atoms with Gasteiger partial charge in [-0.2, -0.15) is 0 Å². The molecular formula is C49H67O8P. The van der Waals surface area contributed by atoms with E-state index in [0.29, 0.717) is 45.6 Å². The lowest BCUT2D eigenvalue weighted by Gasteiger charge is -2.31. The van der Waals surface area contributed by atoms with Crippen LogP contribution in [0.5, 0.6) is 34.5 Å². The number of methoxy groups -OCH3 is 2. The first-order valence-electron chi connectivity index (χ1n) is 19.9. The summed E-state index contributed by atoms with van der Waals surface area (Å²) in [5, 5.41) is 0. The Morgan fingerprint density at radius 3 is 1.22 bits per heavy atom. The predicted molar refractivity (Wildman–Crippen MR) is 238 cm³/mol. The number of carbonyl (C=O) groups is 1. The molecule has 0 radical (unpaired) electrons. The van der Waals surface area contributed by atoms with Gasteiger partial charge in [-0.25, -0.2) is 4.79 Å². The maximum Gasteiger partial charge on any atom is 0.530 e. The third-order valence-corrected chi connectivity index (χ3v) is 10.5. The molecule has 0 aliphatic rings. The normalized spacial score (nSPS) is 12.6. The lowest BCUT2D eigenvalue weighted by Crippen LogP contribution is -2.27. The summed E-state index contributed by atoms with van der Waals surface area (Å²) in [6.45, 7) is 35.1. The van der Waals surface area contributed by atoms with Gasteiger partial charge in [0.25, 0.3) is 0 Å². The van der Waals surface area contributed by atoms with Gasteiger partial charge in [0.1, 0.15) is 40.1 Å². The predicted octanol–water partition coefficient (Wildman–Crippen LogP) is 14.3. The second-order valence-corrected chi connectivity index (χ2v) is 21.2. The smallest absolute Gasteiger partial charge is 0.497 e. The van der Waals surface area contributed by atoms with Crippen molar-refractivity contribution in [3.8, 4) is 45.6 Å². The zero-order chi connectivity index (χ0) is 43.8. The van der Waals surface area contributed by atoms with E-state index >= 15 is 0 Å². The highest BCUT2D eigenvalue weighted by Gasteiger charge is 2.35. The molecule has 0 amide bonds. The topological polar surface area (TPSA) is 81.7 Å². The van der Waals surface area contributed by atoms with Crippen molar-refractivity contribution in [2.24, 2.45) is 0 Å². The van der Waals surface area contributed by atoms with Gasteiger partial charge in [0.05, 0.1) is 14.2 Å². The summed E-state index contributed by atoms with van der Waals surface area (Å²) in [6.07, 6.45) is -0.831. The van der Waals surface area contributed by atoms with E-state index in [1.165, 1.54) is 0 Å². The Balaban J connectivity index is 2.13. The Bertz CT molecular complexity index is 2030. The summed E-state index contributed by atoms with van der Waals surface area (Å²) in [5.41, 5.74) is 4.73. The lowest BCUT2D eigenvalue weighted by atomic mass is 9.81. The van der Waals surface area contributed by atoms with Gasteiger partial charge < -0.3 is 32.5 Å². The van der Waals surface area contributed by atoms with Crippen LogP contribution in [0.4, 0.5) is 4.79 Å². The number of carbonyl (C=O) groups excluding carboxylic acids is 1. The Morgan fingerprint density at radius 2 is 0.862 bits per heavy atom. The maximum absolute atomic E-state index is 13.6. The van der Waals surface area contributed by atoms with Crippen LogP contribution in [0.15, 0.2) is 60.7 Å². The molecule has 0 unspecified atom stereocenters. The van der Waals surface area contributed by atoms with Crippen LogP contribution in [0.3, 0.4) is 0 Å². The van der Waals surface area contributed by atoms with E-state index in [1.54, 1.807) is 35.0 Å². The summed E-state index contributed by atoms with van der Waals surface area (Å²) in [4.78, 5) is 13.6. The van der Waals surface area contributed by atoms with Crippen molar-refractivity contribution in [2.45, 2.75) is 145 Å². The van der Waals surface area contributed by atoms with Gasteiger partial charge >= 0.3 is 14.8 Å². The van der Waals surface area contributed by atoms with E-state index in [2.05, 4.69) is 109 Å². The standard InChI is InChI=1S/C49H67O8P/c1-30-20-22-40(36(24-30)45(3,4)5)55-58(56-41-23-21-31(2)25-37(41)46(6,7)8)57-43-35(27-33(52-19)29-39(43)48(12,13)14)34-26-32(51-18)28-38(47(9,10)11)42(34)53-44(50)54-49(15,16)17/h20-29H,1-19H3. The second-order valence-electron chi connectivity index (χ2n) is 20.2. The molecular weight excluding hydrogens is 748 g/mol. The molecule has 0 heterocycles. The fraction of sp³-hybridized carbons (Fsp3) is 0.490. The third-order valence-electron chi connectivity index (χ3n) is 9.48. The first kappa shape index (κ1) is 46.3. The quantitative estimate of drug-likeness (QED) is 0.0889. The number of aryl methyl sites for hydroxylation is 2. The van der Waals surface area contributed by atoms with E-state index in [-0.39, 0.29) is 10.8 Å². The Morgan fingerprint density at radius 1 is 0.483 bits per heavy atom. The number of hydrogen-bond donors (Lipinski definition) is 0. The van der Waals surface area contributed by atoms with Gasteiger partial charge in [0, 0.05) is 33.4 Å². The molecule has 4 rings (SSSR count). The summed E-state index contributed by atoms with van der Waals surface area (Å²) in [7, 11) is 1.04. The molecule has 0 aliphatic carbocycles. The molecule has 0 atom stereocenters. The summed E-state index contributed by atoms with van der Waals surface area (Å²) in [6, 6.07) is 20.0. The molecule has 0 fully saturated rings. The van der Waals surface area contributed by atoms with Crippen LogP contribution in [0, 0.1) is 13.8 Å². The fourth-order valence-electron chi connectivity index (χ4n) is 6.43. The zero-order valence-electron chi connectivity index (χ0n) is 38.5. The SMILES string of the molecule is COc1cc(-c2cc(OC)cc(C(C)(C)C)c2OP(Oc2ccc(C)cc2C(C)(C)C)Oc2ccc(C)cc2C(C)(C)C)c(OC(=O)OC(C)(C)C)c(C(C)(C)C)c1. The average molecular weight is 815 g/mol. The molecule has 4 aromatic carbocycles. The minimum atomic E-state index is -2.21. The van der Waals surface area contributed by atoms with Crippen LogP contribution in [0.2, 0.25) is 0 Å². The summed E-state index contributed by atoms with van der Waals surface area (Å²) >= 11 is 0. The Labute approximate surface area is 349 Å². The molecule has 0 aliphatic heterocycles. The molecule has 0 aromatic heterocycles. The van der Waals surface area contributed by atoms with Crippen molar-refractivity contribution >= 4 is 14.8 Å². The van der Waals surface area contributed by atoms with Crippen LogP contribution in [0.1, 0.15) is 137 Å². The van der Waals surface area contributed by atoms with E-state index in [0.717, 1.165) is 33.4 Å². The monoisotopic (exact) mass is 814 g/mol. The Hall–Kier alpha value is -4.42. The van der Waals surface area contributed by atoms with Gasteiger partial charge in [0.2, 0.25) is 0 Å². The Kier molecular flexibility index (Phi) is 13.6. The largest absolute Gasteiger partial charge is 0.530 e. The maximum atomic E-state index is 13.6. The molecule has 9 heteroatoms. The van der Waals surface area contributed by atoms with Gasteiger partial charge in [-0.15, -0.1) is 0 Å². The first-order valence-corrected chi connectivity index (χ1v) is 21.0. The molecule has 0 saturated carbocycles. The van der Waals surface area contributed by atoms with Crippen LogP contribution in [-0.4, -0.2) is 26.0 Å². The average Bonchev–Trinajstić information content (AvgIpc) is 3.07. The number of benzene rings is 4. The van der Waals surface area contributed by atoms with Crippen molar-refractivity contribution in [3.05, 3.63) is 94.0 Å². The van der Waals surface area contributed by atoms with E-state index in [1.807, 2.05) is 48.5 Å².